The van der Waals surface area contributed by atoms with Crippen molar-refractivity contribution < 1.29 is 14.4 Å². The quantitative estimate of drug-likeness (QED) is 0.674. The molecule has 2 aromatic carbocycles. The molecule has 2 bridgehead atoms. The van der Waals surface area contributed by atoms with Crippen molar-refractivity contribution in [2.75, 3.05) is 24.5 Å². The highest BCUT2D eigenvalue weighted by molar-refractivity contribution is 6.43. The Bertz CT molecular complexity index is 1220. The van der Waals surface area contributed by atoms with Gasteiger partial charge in [-0.15, -0.1) is 0 Å². The van der Waals surface area contributed by atoms with Gasteiger partial charge in [-0.3, -0.25) is 19.8 Å². The van der Waals surface area contributed by atoms with Gasteiger partial charge in [0.2, 0.25) is 5.91 Å². The fourth-order valence-electron chi connectivity index (χ4n) is 5.83. The molecule has 2 aromatic rings. The first-order valence-electron chi connectivity index (χ1n) is 11.9. The Labute approximate surface area is 213 Å². The minimum atomic E-state index is -0.545. The first kappa shape index (κ1) is 22.6. The number of nitrogens with zero attached hydrogens (tertiary/aromatic N) is 4. The monoisotopic (exact) mass is 513 g/mol. The molecular formula is C25H25Cl2N5O3. The zero-order chi connectivity index (χ0) is 24.3. The molecule has 0 aromatic heterocycles. The molecule has 2 unspecified atom stereocenters. The average molecular weight is 514 g/mol. The molecule has 35 heavy (non-hydrogen) atoms. The molecule has 4 aliphatic rings. The van der Waals surface area contributed by atoms with E-state index in [1.54, 1.807) is 0 Å². The third-order valence-corrected chi connectivity index (χ3v) is 8.36. The molecule has 0 aliphatic carbocycles. The maximum Gasteiger partial charge on any atom is 0.342 e. The van der Waals surface area contributed by atoms with Gasteiger partial charge < -0.3 is 4.90 Å². The topological polar surface area (TPSA) is 76.2 Å². The van der Waals surface area contributed by atoms with Crippen molar-refractivity contribution in [2.45, 2.75) is 44.4 Å². The van der Waals surface area contributed by atoms with Crippen LogP contribution in [0.1, 0.15) is 40.7 Å². The van der Waals surface area contributed by atoms with Gasteiger partial charge in [0.05, 0.1) is 28.8 Å². The van der Waals surface area contributed by atoms with E-state index in [1.807, 2.05) is 30.3 Å². The summed E-state index contributed by atoms with van der Waals surface area (Å²) in [5, 5.41) is 6.25. The Morgan fingerprint density at radius 2 is 1.74 bits per heavy atom. The predicted octanol–water partition coefficient (Wildman–Crippen LogP) is 3.66. The zero-order valence-corrected chi connectivity index (χ0v) is 20.6. The number of hydrogen-bond acceptors (Lipinski definition) is 5. The summed E-state index contributed by atoms with van der Waals surface area (Å²) >= 11 is 12.7. The third-order valence-electron chi connectivity index (χ3n) is 7.55. The standard InChI is InChI=1S/C25H25Cl2N5O3/c26-20-2-1-3-21(23(20)27)29-13-17-5-6-18(14-29)30(17)11-15-4-7-19-16(10-15)12-32(24(19)34)31-9-8-22(33)28-25(31)35/h1-4,7,10,17-18H,5-6,8-9,11-14H2,(H,28,33,35). The maximum atomic E-state index is 12.9. The average Bonchev–Trinajstić information content (AvgIpc) is 3.26. The van der Waals surface area contributed by atoms with Gasteiger partial charge in [-0.05, 0) is 42.2 Å². The Morgan fingerprint density at radius 1 is 0.971 bits per heavy atom. The first-order chi connectivity index (χ1) is 16.9. The zero-order valence-electron chi connectivity index (χ0n) is 19.0. The minimum Gasteiger partial charge on any atom is -0.367 e. The lowest BCUT2D eigenvalue weighted by Crippen LogP contribution is -2.56. The lowest BCUT2D eigenvalue weighted by atomic mass is 10.0. The molecular weight excluding hydrogens is 489 g/mol. The number of anilines is 1. The molecule has 3 fully saturated rings. The number of benzene rings is 2. The lowest BCUT2D eigenvalue weighted by Gasteiger charge is -2.42. The fourth-order valence-corrected chi connectivity index (χ4v) is 6.25. The van der Waals surface area contributed by atoms with Crippen molar-refractivity contribution >= 4 is 46.7 Å². The molecule has 1 N–H and O–H groups in total. The number of amides is 4. The highest BCUT2D eigenvalue weighted by atomic mass is 35.5. The molecule has 0 saturated carbocycles. The number of carbonyl (C=O) groups excluding carboxylic acids is 3. The summed E-state index contributed by atoms with van der Waals surface area (Å²) in [5.41, 5.74) is 3.67. The number of halogens is 2. The Hall–Kier alpha value is -2.81. The highest BCUT2D eigenvalue weighted by Crippen LogP contribution is 2.39. The second-order valence-corrected chi connectivity index (χ2v) is 10.4. The summed E-state index contributed by atoms with van der Waals surface area (Å²) in [7, 11) is 0. The van der Waals surface area contributed by atoms with Crippen LogP contribution in [0.3, 0.4) is 0 Å². The van der Waals surface area contributed by atoms with Crippen LogP contribution in [0, 0.1) is 0 Å². The van der Waals surface area contributed by atoms with Gasteiger partial charge in [0.25, 0.3) is 5.91 Å². The minimum absolute atomic E-state index is 0.187. The molecule has 0 radical (unpaired) electrons. The number of rotatable bonds is 4. The van der Waals surface area contributed by atoms with Crippen molar-refractivity contribution in [1.82, 2.24) is 20.2 Å². The van der Waals surface area contributed by atoms with E-state index in [1.165, 1.54) is 10.0 Å². The van der Waals surface area contributed by atoms with Gasteiger partial charge in [0.15, 0.2) is 0 Å². The number of urea groups is 1. The first-order valence-corrected chi connectivity index (χ1v) is 12.6. The van der Waals surface area contributed by atoms with Gasteiger partial charge in [0.1, 0.15) is 0 Å². The molecule has 4 aliphatic heterocycles. The van der Waals surface area contributed by atoms with E-state index in [9.17, 15) is 14.4 Å². The number of imide groups is 1. The SMILES string of the molecule is O=C1CCN(N2Cc3cc(CN4C5CCC4CN(c4cccc(Cl)c4Cl)C5)ccc3C2=O)C(=O)N1. The smallest absolute Gasteiger partial charge is 0.342 e. The normalized spacial score (nSPS) is 24.3. The predicted molar refractivity (Wildman–Crippen MR) is 132 cm³/mol. The van der Waals surface area contributed by atoms with Crippen LogP contribution in [0.2, 0.25) is 10.0 Å². The number of nitrogens with one attached hydrogen (secondary N) is 1. The van der Waals surface area contributed by atoms with Gasteiger partial charge in [-0.2, -0.15) is 0 Å². The summed E-state index contributed by atoms with van der Waals surface area (Å²) in [5.74, 6) is -0.520. The second-order valence-electron chi connectivity index (χ2n) is 9.62. The number of hydrogen-bond donors (Lipinski definition) is 1. The molecule has 4 amide bonds. The van der Waals surface area contributed by atoms with Crippen LogP contribution in [-0.2, 0) is 17.9 Å². The summed E-state index contributed by atoms with van der Waals surface area (Å²) in [6.07, 6.45) is 2.46. The van der Waals surface area contributed by atoms with E-state index < -0.39 is 6.03 Å². The van der Waals surface area contributed by atoms with Crippen LogP contribution in [-0.4, -0.2) is 64.5 Å². The molecule has 4 heterocycles. The van der Waals surface area contributed by atoms with Gasteiger partial charge in [-0.1, -0.05) is 41.4 Å². The van der Waals surface area contributed by atoms with E-state index in [4.69, 9.17) is 23.2 Å². The molecule has 182 valence electrons. The van der Waals surface area contributed by atoms with Crippen LogP contribution in [0.15, 0.2) is 36.4 Å². The largest absolute Gasteiger partial charge is 0.367 e. The van der Waals surface area contributed by atoms with E-state index in [2.05, 4.69) is 21.2 Å². The van der Waals surface area contributed by atoms with Gasteiger partial charge in [0, 0.05) is 43.7 Å². The van der Waals surface area contributed by atoms with Crippen LogP contribution in [0.25, 0.3) is 0 Å². The van der Waals surface area contributed by atoms with E-state index in [-0.39, 0.29) is 24.8 Å². The lowest BCUT2D eigenvalue weighted by molar-refractivity contribution is -0.123. The van der Waals surface area contributed by atoms with Crippen LogP contribution in [0.4, 0.5) is 10.5 Å². The summed E-state index contributed by atoms with van der Waals surface area (Å²) in [6.45, 7) is 3.15. The fraction of sp³-hybridized carbons (Fsp3) is 0.400. The van der Waals surface area contributed by atoms with E-state index >= 15 is 0 Å². The number of hydrazine groups is 1. The van der Waals surface area contributed by atoms with Crippen molar-refractivity contribution in [2.24, 2.45) is 0 Å². The molecule has 2 atom stereocenters. The summed E-state index contributed by atoms with van der Waals surface area (Å²) < 4.78 is 0. The Kier molecular flexibility index (Phi) is 5.62. The van der Waals surface area contributed by atoms with E-state index in [0.717, 1.165) is 49.3 Å². The highest BCUT2D eigenvalue weighted by Gasteiger charge is 2.41. The van der Waals surface area contributed by atoms with Crippen molar-refractivity contribution in [3.8, 4) is 0 Å². The van der Waals surface area contributed by atoms with Crippen LogP contribution >= 0.6 is 23.2 Å². The number of fused-ring (bicyclic) bond motifs is 3. The molecule has 10 heteroatoms. The van der Waals surface area contributed by atoms with Crippen molar-refractivity contribution in [1.29, 1.82) is 0 Å². The summed E-state index contributed by atoms with van der Waals surface area (Å²) in [6, 6.07) is 12.0. The Morgan fingerprint density at radius 3 is 2.49 bits per heavy atom. The van der Waals surface area contributed by atoms with Gasteiger partial charge in [-0.25, -0.2) is 14.8 Å². The second kappa shape index (κ2) is 8.69. The molecule has 0 spiro atoms. The van der Waals surface area contributed by atoms with E-state index in [0.29, 0.717) is 34.2 Å². The molecule has 3 saturated heterocycles. The number of carbonyl (C=O) groups is 3. The van der Waals surface area contributed by atoms with Crippen LogP contribution < -0.4 is 10.2 Å². The molecule has 6 rings (SSSR count). The summed E-state index contributed by atoms with van der Waals surface area (Å²) in [4.78, 5) is 41.6. The van der Waals surface area contributed by atoms with Crippen molar-refractivity contribution in [3.63, 3.8) is 0 Å². The van der Waals surface area contributed by atoms with Gasteiger partial charge >= 0.3 is 6.03 Å². The number of piperazine rings is 1. The molecule has 8 nitrogen and oxygen atoms in total. The Balaban J connectivity index is 1.16. The maximum absolute atomic E-state index is 12.9. The third kappa shape index (κ3) is 3.93. The van der Waals surface area contributed by atoms with Crippen molar-refractivity contribution in [3.05, 3.63) is 63.1 Å². The van der Waals surface area contributed by atoms with Crippen LogP contribution in [0.5, 0.6) is 0 Å².